The van der Waals surface area contributed by atoms with Crippen LogP contribution in [0, 0.1) is 11.8 Å². The summed E-state index contributed by atoms with van der Waals surface area (Å²) < 4.78 is 33.0. The lowest BCUT2D eigenvalue weighted by atomic mass is 10.0. The molecule has 0 fully saturated rings. The minimum Gasteiger partial charge on any atom is -0.449 e. The average Bonchev–Trinajstić information content (AvgIpc) is 3.11. The molecule has 1 aromatic heterocycles. The van der Waals surface area contributed by atoms with Crippen LogP contribution >= 0.6 is 12.6 Å². The highest BCUT2D eigenvalue weighted by Gasteiger charge is 2.30. The molecule has 0 radical (unpaired) electrons. The number of sulfonamides is 1. The maximum atomic E-state index is 13.3. The van der Waals surface area contributed by atoms with Gasteiger partial charge in [0.2, 0.25) is 17.7 Å². The largest absolute Gasteiger partial charge is 0.449 e. The van der Waals surface area contributed by atoms with Crippen LogP contribution in [0.2, 0.25) is 0 Å². The van der Waals surface area contributed by atoms with Gasteiger partial charge in [-0.15, -0.1) is 0 Å². The molecule has 3 unspecified atom stereocenters. The monoisotopic (exact) mass is 776 g/mol. The Kier molecular flexibility index (Phi) is 19.3. The number of benzene rings is 1. The second-order valence-electron chi connectivity index (χ2n) is 13.7. The summed E-state index contributed by atoms with van der Waals surface area (Å²) in [5.41, 5.74) is 1.63. The number of aryl methyl sites for hydroxylation is 1. The summed E-state index contributed by atoms with van der Waals surface area (Å²) in [5.74, 6) is -2.29. The van der Waals surface area contributed by atoms with E-state index >= 15 is 0 Å². The van der Waals surface area contributed by atoms with Crippen LogP contribution in [0.5, 0.6) is 0 Å². The quantitative estimate of drug-likeness (QED) is 0.0965. The number of unbranched alkanes of at least 4 members (excludes halogenated alkanes) is 1. The number of ether oxygens (including phenoxy) is 1. The van der Waals surface area contributed by atoms with Crippen molar-refractivity contribution in [2.45, 2.75) is 110 Å². The van der Waals surface area contributed by atoms with Crippen molar-refractivity contribution in [2.75, 3.05) is 18.9 Å². The number of alkyl carbamates (subject to hydrolysis) is 1. The number of nitrogens with zero attached hydrogens (tertiary/aromatic N) is 1. The second kappa shape index (κ2) is 22.8. The van der Waals surface area contributed by atoms with Crippen molar-refractivity contribution in [3.8, 4) is 0 Å². The summed E-state index contributed by atoms with van der Waals surface area (Å²) in [6.45, 7) is 11.9. The molecule has 0 aliphatic heterocycles. The molecule has 2 aromatic rings. The van der Waals surface area contributed by atoms with Crippen molar-refractivity contribution in [3.63, 3.8) is 0 Å². The normalized spacial score (nSPS) is 13.1. The summed E-state index contributed by atoms with van der Waals surface area (Å²) in [5, 5.41) is 10.7. The topological polar surface area (TPSA) is 202 Å². The van der Waals surface area contributed by atoms with Crippen LogP contribution in [0.4, 0.5) is 4.79 Å². The number of hydrogen-bond donors (Lipinski definition) is 6. The molecule has 294 valence electrons. The summed E-state index contributed by atoms with van der Waals surface area (Å²) in [6.07, 6.45) is 5.00. The Hall–Kier alpha value is -4.18. The van der Waals surface area contributed by atoms with E-state index in [2.05, 4.69) is 50.5 Å². The molecule has 5 N–H and O–H groups in total. The Balaban J connectivity index is 1.96. The van der Waals surface area contributed by atoms with Crippen LogP contribution < -0.4 is 26.0 Å². The highest BCUT2D eigenvalue weighted by Crippen LogP contribution is 2.13. The standard InChI is InChI=1S/C37H56N6O8S2/c1-7-9-11-27-17-18-38-30(21-27)36(47)43-53(49,50)28-14-12-26(13-15-28)16-19-39-33(44)32(23-52)41-35(46)31(20-24(3)4)40-34(45)29(10-8-2)42-37(48)51-22-25(5)6/h12-15,17-18,21,24-25,29,31-32,52H,7-11,16,19-20,22-23H2,1-6H3,(H,39,44)(H,40,45)(H,41,46)(H,42,48)(H,43,47). The van der Waals surface area contributed by atoms with E-state index in [1.54, 1.807) is 24.3 Å². The fraction of sp³-hybridized carbons (Fsp3) is 0.568. The van der Waals surface area contributed by atoms with Crippen LogP contribution in [-0.4, -0.2) is 80.2 Å². The van der Waals surface area contributed by atoms with Crippen LogP contribution in [-0.2, 0) is 42.0 Å². The van der Waals surface area contributed by atoms with Crippen molar-refractivity contribution in [3.05, 3.63) is 59.4 Å². The molecule has 1 aromatic carbocycles. The lowest BCUT2D eigenvalue weighted by Gasteiger charge is -2.25. The molecule has 0 aliphatic rings. The molecule has 0 spiro atoms. The van der Waals surface area contributed by atoms with Crippen molar-refractivity contribution in [2.24, 2.45) is 11.8 Å². The molecule has 16 heteroatoms. The Morgan fingerprint density at radius 1 is 0.792 bits per heavy atom. The second-order valence-corrected chi connectivity index (χ2v) is 15.7. The SMILES string of the molecule is CCCCc1ccnc(C(=O)NS(=O)(=O)c2ccc(CCNC(=O)C(CS)NC(=O)C(CC(C)C)NC(=O)C(CCC)NC(=O)OCC(C)C)cc2)c1. The summed E-state index contributed by atoms with van der Waals surface area (Å²) in [7, 11) is -4.16. The lowest BCUT2D eigenvalue weighted by molar-refractivity contribution is -0.132. The van der Waals surface area contributed by atoms with Crippen molar-refractivity contribution < 1.29 is 37.1 Å². The zero-order chi connectivity index (χ0) is 39.6. The fourth-order valence-corrected chi connectivity index (χ4v) is 6.30. The van der Waals surface area contributed by atoms with Gasteiger partial charge in [-0.2, -0.15) is 12.6 Å². The van der Waals surface area contributed by atoms with Gasteiger partial charge in [0.05, 0.1) is 11.5 Å². The van der Waals surface area contributed by atoms with Gasteiger partial charge in [-0.3, -0.25) is 24.2 Å². The highest BCUT2D eigenvalue weighted by atomic mass is 32.2. The molecule has 0 aliphatic carbocycles. The van der Waals surface area contributed by atoms with Gasteiger partial charge >= 0.3 is 6.09 Å². The van der Waals surface area contributed by atoms with E-state index in [1.165, 1.54) is 18.3 Å². The van der Waals surface area contributed by atoms with E-state index in [-0.39, 0.29) is 47.8 Å². The Morgan fingerprint density at radius 2 is 1.45 bits per heavy atom. The lowest BCUT2D eigenvalue weighted by Crippen LogP contribution is -2.57. The number of hydrogen-bond acceptors (Lipinski definition) is 10. The average molecular weight is 777 g/mol. The molecule has 1 heterocycles. The zero-order valence-electron chi connectivity index (χ0n) is 31.6. The summed E-state index contributed by atoms with van der Waals surface area (Å²) in [6, 6.07) is 6.38. The minimum atomic E-state index is -4.16. The number of nitrogens with one attached hydrogen (secondary N) is 5. The van der Waals surface area contributed by atoms with Gasteiger partial charge in [0.25, 0.3) is 15.9 Å². The third-order valence-electron chi connectivity index (χ3n) is 7.94. The van der Waals surface area contributed by atoms with Crippen molar-refractivity contribution in [1.82, 2.24) is 31.0 Å². The highest BCUT2D eigenvalue weighted by molar-refractivity contribution is 7.90. The van der Waals surface area contributed by atoms with Gasteiger partial charge in [-0.05, 0) is 79.3 Å². The predicted octanol–water partition coefficient (Wildman–Crippen LogP) is 3.70. The molecule has 0 bridgehead atoms. The van der Waals surface area contributed by atoms with Crippen molar-refractivity contribution >= 4 is 52.4 Å². The van der Waals surface area contributed by atoms with E-state index in [0.29, 0.717) is 19.3 Å². The molecule has 0 saturated carbocycles. The van der Waals surface area contributed by atoms with Crippen LogP contribution in [0.1, 0.15) is 95.3 Å². The molecular formula is C37H56N6O8S2. The van der Waals surface area contributed by atoms with Gasteiger partial charge < -0.3 is 26.0 Å². The molecule has 3 atom stereocenters. The van der Waals surface area contributed by atoms with E-state index in [0.717, 1.165) is 30.4 Å². The Morgan fingerprint density at radius 3 is 2.06 bits per heavy atom. The molecular weight excluding hydrogens is 721 g/mol. The first kappa shape index (κ1) is 45.0. The van der Waals surface area contributed by atoms with E-state index < -0.39 is 57.9 Å². The fourth-order valence-electron chi connectivity index (χ4n) is 5.08. The van der Waals surface area contributed by atoms with Crippen molar-refractivity contribution in [1.29, 1.82) is 0 Å². The number of rotatable bonds is 22. The van der Waals surface area contributed by atoms with Gasteiger partial charge in [0.15, 0.2) is 0 Å². The van der Waals surface area contributed by atoms with Crippen LogP contribution in [0.15, 0.2) is 47.5 Å². The van der Waals surface area contributed by atoms with Gasteiger partial charge in [-0.25, -0.2) is 17.9 Å². The van der Waals surface area contributed by atoms with Gasteiger partial charge in [0.1, 0.15) is 23.8 Å². The summed E-state index contributed by atoms with van der Waals surface area (Å²) in [4.78, 5) is 68.4. The van der Waals surface area contributed by atoms with E-state index in [9.17, 15) is 32.4 Å². The predicted molar refractivity (Wildman–Crippen MR) is 206 cm³/mol. The smallest absolute Gasteiger partial charge is 0.407 e. The first-order valence-corrected chi connectivity index (χ1v) is 20.2. The maximum absolute atomic E-state index is 13.3. The number of carbonyl (C=O) groups is 5. The zero-order valence-corrected chi connectivity index (χ0v) is 33.3. The van der Waals surface area contributed by atoms with Gasteiger partial charge in [-0.1, -0.05) is 66.5 Å². The van der Waals surface area contributed by atoms with Gasteiger partial charge in [0, 0.05) is 18.5 Å². The number of amides is 5. The van der Waals surface area contributed by atoms with Crippen LogP contribution in [0.25, 0.3) is 0 Å². The Labute approximate surface area is 319 Å². The molecule has 14 nitrogen and oxygen atoms in total. The number of carbonyl (C=O) groups excluding carboxylic acids is 5. The molecule has 5 amide bonds. The third-order valence-corrected chi connectivity index (χ3v) is 9.65. The number of aromatic nitrogens is 1. The third kappa shape index (κ3) is 16.2. The first-order valence-electron chi connectivity index (χ1n) is 18.1. The number of pyridine rings is 1. The summed E-state index contributed by atoms with van der Waals surface area (Å²) >= 11 is 4.25. The van der Waals surface area contributed by atoms with E-state index in [1.807, 2.05) is 34.6 Å². The maximum Gasteiger partial charge on any atom is 0.407 e. The molecule has 53 heavy (non-hydrogen) atoms. The molecule has 2 rings (SSSR count). The Bertz CT molecular complexity index is 1620. The van der Waals surface area contributed by atoms with E-state index in [4.69, 9.17) is 4.74 Å². The minimum absolute atomic E-state index is 0.0134. The number of thiol groups is 1. The first-order chi connectivity index (χ1) is 25.1. The molecule has 0 saturated heterocycles. The van der Waals surface area contributed by atoms with Crippen LogP contribution in [0.3, 0.4) is 0 Å².